The fourth-order valence-corrected chi connectivity index (χ4v) is 3.91. The number of hydrogen-bond acceptors (Lipinski definition) is 4. The van der Waals surface area contributed by atoms with Crippen molar-refractivity contribution in [2.24, 2.45) is 0 Å². The Kier molecular flexibility index (Phi) is 4.53. The summed E-state index contributed by atoms with van der Waals surface area (Å²) >= 11 is 0. The summed E-state index contributed by atoms with van der Waals surface area (Å²) in [6.07, 6.45) is 2.39. The maximum absolute atomic E-state index is 12.5. The van der Waals surface area contributed by atoms with Crippen molar-refractivity contribution >= 4 is 10.0 Å². The number of hydrogen-bond donors (Lipinski definition) is 2. The van der Waals surface area contributed by atoms with Crippen LogP contribution in [-0.2, 0) is 27.8 Å². The van der Waals surface area contributed by atoms with E-state index in [1.54, 1.807) is 12.3 Å². The molecule has 0 aliphatic carbocycles. The second kappa shape index (κ2) is 5.85. The van der Waals surface area contributed by atoms with Gasteiger partial charge >= 0.3 is 0 Å². The molecule has 2 heterocycles. The second-order valence-corrected chi connectivity index (χ2v) is 7.13. The van der Waals surface area contributed by atoms with Crippen LogP contribution in [0.2, 0.25) is 0 Å². The highest BCUT2D eigenvalue weighted by Crippen LogP contribution is 2.22. The highest BCUT2D eigenvalue weighted by atomic mass is 32.2. The van der Waals surface area contributed by atoms with Crippen molar-refractivity contribution < 1.29 is 13.2 Å². The van der Waals surface area contributed by atoms with Gasteiger partial charge in [-0.25, -0.2) is 13.1 Å². The van der Waals surface area contributed by atoms with Crippen LogP contribution in [0, 0.1) is 0 Å². The second-order valence-electron chi connectivity index (χ2n) is 5.45. The third-order valence-corrected chi connectivity index (χ3v) is 5.17. The average molecular weight is 301 g/mol. The Balaban J connectivity index is 2.25. The summed E-state index contributed by atoms with van der Waals surface area (Å²) in [6, 6.07) is 1.72. The molecule has 1 aliphatic heterocycles. The van der Waals surface area contributed by atoms with E-state index >= 15 is 0 Å². The summed E-state index contributed by atoms with van der Waals surface area (Å²) in [5, 5.41) is 3.05. The van der Waals surface area contributed by atoms with Gasteiger partial charge < -0.3 is 14.6 Å². The predicted octanol–water partition coefficient (Wildman–Crippen LogP) is 0.685. The van der Waals surface area contributed by atoms with Crippen LogP contribution in [-0.4, -0.2) is 38.8 Å². The van der Waals surface area contributed by atoms with Crippen molar-refractivity contribution in [1.29, 1.82) is 0 Å². The van der Waals surface area contributed by atoms with E-state index in [4.69, 9.17) is 4.74 Å². The first kappa shape index (κ1) is 15.5. The van der Waals surface area contributed by atoms with Crippen LogP contribution in [0.25, 0.3) is 0 Å². The lowest BCUT2D eigenvalue weighted by molar-refractivity contribution is 0.178. The van der Waals surface area contributed by atoms with Crippen LogP contribution < -0.4 is 10.0 Å². The van der Waals surface area contributed by atoms with E-state index in [1.807, 2.05) is 25.5 Å². The van der Waals surface area contributed by atoms with Crippen molar-refractivity contribution in [3.8, 4) is 0 Å². The minimum Gasteiger partial charge on any atom is -0.379 e. The molecule has 0 spiro atoms. The third-order valence-electron chi connectivity index (χ3n) is 3.57. The van der Waals surface area contributed by atoms with E-state index < -0.39 is 15.6 Å². The van der Waals surface area contributed by atoms with Crippen LogP contribution in [0.1, 0.15) is 26.0 Å². The summed E-state index contributed by atoms with van der Waals surface area (Å²) in [5.74, 6) is 0. The summed E-state index contributed by atoms with van der Waals surface area (Å²) in [4.78, 5) is 0.317. The fraction of sp³-hybridized carbons (Fsp3) is 0.692. The van der Waals surface area contributed by atoms with Gasteiger partial charge in [-0.3, -0.25) is 0 Å². The van der Waals surface area contributed by atoms with Gasteiger partial charge in [0.25, 0.3) is 0 Å². The fourth-order valence-electron chi connectivity index (χ4n) is 2.43. The van der Waals surface area contributed by atoms with Gasteiger partial charge in [-0.1, -0.05) is 0 Å². The molecule has 0 radical (unpaired) electrons. The first-order chi connectivity index (χ1) is 9.40. The third kappa shape index (κ3) is 3.22. The van der Waals surface area contributed by atoms with Crippen molar-refractivity contribution in [3.63, 3.8) is 0 Å². The van der Waals surface area contributed by atoms with Crippen LogP contribution in [0.3, 0.4) is 0 Å². The molecule has 1 aromatic heterocycles. The van der Waals surface area contributed by atoms with Gasteiger partial charge in [0.2, 0.25) is 10.0 Å². The number of sulfonamides is 1. The largest absolute Gasteiger partial charge is 0.379 e. The molecule has 7 heteroatoms. The highest BCUT2D eigenvalue weighted by Gasteiger charge is 2.35. The van der Waals surface area contributed by atoms with E-state index in [0.29, 0.717) is 31.1 Å². The van der Waals surface area contributed by atoms with E-state index in [2.05, 4.69) is 10.0 Å². The summed E-state index contributed by atoms with van der Waals surface area (Å²) < 4.78 is 35.0. The molecular weight excluding hydrogens is 278 g/mol. The molecule has 2 rings (SSSR count). The number of nitrogens with one attached hydrogen (secondary N) is 2. The molecule has 1 fully saturated rings. The van der Waals surface area contributed by atoms with Crippen molar-refractivity contribution in [3.05, 3.63) is 18.0 Å². The van der Waals surface area contributed by atoms with Crippen LogP contribution >= 0.6 is 0 Å². The van der Waals surface area contributed by atoms with Gasteiger partial charge in [-0.15, -0.1) is 0 Å². The lowest BCUT2D eigenvalue weighted by atomic mass is 10.0. The molecule has 1 aliphatic rings. The Morgan fingerprint density at radius 1 is 1.50 bits per heavy atom. The van der Waals surface area contributed by atoms with E-state index in [1.165, 1.54) is 0 Å². The molecule has 6 nitrogen and oxygen atoms in total. The molecule has 1 atom stereocenters. The highest BCUT2D eigenvalue weighted by molar-refractivity contribution is 7.89. The molecule has 0 amide bonds. The first-order valence-electron chi connectivity index (χ1n) is 6.85. The number of nitrogens with zero attached hydrogens (tertiary/aromatic N) is 1. The average Bonchev–Trinajstić information content (AvgIpc) is 2.96. The molecule has 1 unspecified atom stereocenters. The van der Waals surface area contributed by atoms with Crippen LogP contribution in [0.15, 0.2) is 17.2 Å². The molecule has 0 bridgehead atoms. The van der Waals surface area contributed by atoms with Gasteiger partial charge in [-0.05, 0) is 33.4 Å². The topological polar surface area (TPSA) is 72.4 Å². The smallest absolute Gasteiger partial charge is 0.242 e. The Morgan fingerprint density at radius 3 is 2.80 bits per heavy atom. The lowest BCUT2D eigenvalue weighted by Crippen LogP contribution is -2.46. The van der Waals surface area contributed by atoms with Gasteiger partial charge in [-0.2, -0.15) is 0 Å². The lowest BCUT2D eigenvalue weighted by Gasteiger charge is -2.22. The Hall–Kier alpha value is -0.890. The molecule has 1 aromatic rings. The van der Waals surface area contributed by atoms with E-state index in [-0.39, 0.29) is 0 Å². The summed E-state index contributed by atoms with van der Waals surface area (Å²) in [7, 11) is -1.67. The Morgan fingerprint density at radius 2 is 2.25 bits per heavy atom. The first-order valence-corrected chi connectivity index (χ1v) is 8.34. The van der Waals surface area contributed by atoms with E-state index in [0.717, 1.165) is 12.2 Å². The standard InChI is InChI=1S/C13H23N3O3S/c1-4-16-9-12(7-11(16)8-14-3)20(17,18)15-13(2)5-6-19-10-13/h7,9,14-15H,4-6,8,10H2,1-3H3. The molecule has 2 N–H and O–H groups in total. The monoisotopic (exact) mass is 301 g/mol. The Labute approximate surface area is 120 Å². The van der Waals surface area contributed by atoms with Crippen molar-refractivity contribution in [1.82, 2.24) is 14.6 Å². The Bertz CT molecular complexity index is 559. The van der Waals surface area contributed by atoms with Gasteiger partial charge in [0.15, 0.2) is 0 Å². The molecular formula is C13H23N3O3S. The number of aryl methyl sites for hydroxylation is 1. The minimum absolute atomic E-state index is 0.317. The number of ether oxygens (including phenoxy) is 1. The van der Waals surface area contributed by atoms with Gasteiger partial charge in [0.05, 0.1) is 17.0 Å². The predicted molar refractivity (Wildman–Crippen MR) is 77.0 cm³/mol. The zero-order chi connectivity index (χ0) is 14.8. The maximum Gasteiger partial charge on any atom is 0.242 e. The van der Waals surface area contributed by atoms with Gasteiger partial charge in [0, 0.05) is 31.6 Å². The SMILES string of the molecule is CCn1cc(S(=O)(=O)NC2(C)CCOC2)cc1CNC. The summed E-state index contributed by atoms with van der Waals surface area (Å²) in [6.45, 7) is 6.28. The molecule has 114 valence electrons. The zero-order valence-electron chi connectivity index (χ0n) is 12.3. The van der Waals surface area contributed by atoms with E-state index in [9.17, 15) is 8.42 Å². The van der Waals surface area contributed by atoms with Crippen LogP contribution in [0.5, 0.6) is 0 Å². The van der Waals surface area contributed by atoms with Gasteiger partial charge in [0.1, 0.15) is 0 Å². The quantitative estimate of drug-likeness (QED) is 0.811. The maximum atomic E-state index is 12.5. The number of rotatable bonds is 6. The molecule has 20 heavy (non-hydrogen) atoms. The zero-order valence-corrected chi connectivity index (χ0v) is 13.1. The minimum atomic E-state index is -3.51. The van der Waals surface area contributed by atoms with Crippen LogP contribution in [0.4, 0.5) is 0 Å². The number of aromatic nitrogens is 1. The van der Waals surface area contributed by atoms with Crippen molar-refractivity contribution in [2.75, 3.05) is 20.3 Å². The van der Waals surface area contributed by atoms with Crippen molar-refractivity contribution in [2.45, 2.75) is 43.8 Å². The normalized spacial score (nSPS) is 23.4. The molecule has 0 saturated carbocycles. The molecule has 0 aromatic carbocycles. The molecule has 1 saturated heterocycles. The summed E-state index contributed by atoms with van der Waals surface area (Å²) in [5.41, 5.74) is 0.458.